The zero-order valence-electron chi connectivity index (χ0n) is 14.9. The topological polar surface area (TPSA) is 121 Å². The van der Waals surface area contributed by atoms with E-state index in [1.165, 1.54) is 13.1 Å². The molecule has 140 valence electrons. The molecule has 8 heteroatoms. The highest BCUT2D eigenvalue weighted by molar-refractivity contribution is 6.07. The Hall–Kier alpha value is -3.16. The minimum atomic E-state index is -1.25. The maximum Gasteiger partial charge on any atom is 0.341 e. The van der Waals surface area contributed by atoms with Crippen LogP contribution in [-0.2, 0) is 9.63 Å². The molecule has 1 aromatic heterocycles. The molecule has 2 aliphatic rings. The molecular weight excluding hydrogens is 350 g/mol. The highest BCUT2D eigenvalue weighted by Gasteiger charge is 2.36. The summed E-state index contributed by atoms with van der Waals surface area (Å²) in [5, 5.41) is 16.4. The normalized spacial score (nSPS) is 21.6. The van der Waals surface area contributed by atoms with E-state index < -0.39 is 17.6 Å². The van der Waals surface area contributed by atoms with Crippen LogP contribution in [0.25, 0.3) is 10.9 Å². The van der Waals surface area contributed by atoms with E-state index >= 15 is 0 Å². The number of aromatic amines is 1. The molecule has 1 aliphatic heterocycles. The number of rotatable bonds is 4. The van der Waals surface area contributed by atoms with Gasteiger partial charge in [0.25, 0.3) is 0 Å². The number of hydrogen-bond acceptors (Lipinski definition) is 5. The fourth-order valence-corrected chi connectivity index (χ4v) is 3.47. The van der Waals surface area contributed by atoms with Crippen LogP contribution in [0.1, 0.15) is 54.1 Å². The van der Waals surface area contributed by atoms with Gasteiger partial charge in [0, 0.05) is 29.6 Å². The molecule has 1 aliphatic carbocycles. The van der Waals surface area contributed by atoms with E-state index in [0.29, 0.717) is 22.5 Å². The van der Waals surface area contributed by atoms with Gasteiger partial charge in [0.1, 0.15) is 5.56 Å². The van der Waals surface area contributed by atoms with Crippen molar-refractivity contribution < 1.29 is 19.5 Å². The molecule has 1 saturated carbocycles. The lowest BCUT2D eigenvalue weighted by Gasteiger charge is -2.17. The molecular formula is C19H19N3O5. The summed E-state index contributed by atoms with van der Waals surface area (Å²) in [5.74, 6) is -1.30. The first kappa shape index (κ1) is 17.3. The van der Waals surface area contributed by atoms with Crippen LogP contribution in [0.5, 0.6) is 0 Å². The van der Waals surface area contributed by atoms with Crippen LogP contribution in [-0.4, -0.2) is 33.9 Å². The number of carboxylic acids is 1. The van der Waals surface area contributed by atoms with Gasteiger partial charge in [0.15, 0.2) is 0 Å². The van der Waals surface area contributed by atoms with E-state index in [1.807, 2.05) is 13.0 Å². The van der Waals surface area contributed by atoms with Crippen molar-refractivity contribution in [3.05, 3.63) is 45.2 Å². The number of amides is 1. The van der Waals surface area contributed by atoms with Crippen LogP contribution in [0.15, 0.2) is 28.3 Å². The predicted molar refractivity (Wildman–Crippen MR) is 97.9 cm³/mol. The van der Waals surface area contributed by atoms with Crippen molar-refractivity contribution in [2.75, 3.05) is 0 Å². The number of carbonyl (C=O) groups is 2. The van der Waals surface area contributed by atoms with Gasteiger partial charge in [-0.15, -0.1) is 0 Å². The smallest absolute Gasteiger partial charge is 0.341 e. The highest BCUT2D eigenvalue weighted by atomic mass is 16.7. The van der Waals surface area contributed by atoms with Crippen LogP contribution in [0, 0.1) is 5.92 Å². The van der Waals surface area contributed by atoms with E-state index in [9.17, 15) is 19.5 Å². The van der Waals surface area contributed by atoms with Crippen molar-refractivity contribution in [3.8, 4) is 0 Å². The summed E-state index contributed by atoms with van der Waals surface area (Å²) in [6, 6.07) is 3.60. The second-order valence-electron chi connectivity index (χ2n) is 7.09. The molecule has 27 heavy (non-hydrogen) atoms. The zero-order chi connectivity index (χ0) is 19.3. The molecule has 0 spiro atoms. The lowest BCUT2D eigenvalue weighted by atomic mass is 9.90. The van der Waals surface area contributed by atoms with E-state index in [2.05, 4.69) is 15.5 Å². The van der Waals surface area contributed by atoms with E-state index in [4.69, 9.17) is 4.84 Å². The number of pyridine rings is 1. The number of nitrogens with one attached hydrogen (secondary N) is 2. The first-order valence-electron chi connectivity index (χ1n) is 8.80. The van der Waals surface area contributed by atoms with Gasteiger partial charge < -0.3 is 20.2 Å². The number of carbonyl (C=O) groups excluding carboxylic acids is 1. The van der Waals surface area contributed by atoms with Crippen molar-refractivity contribution in [1.82, 2.24) is 10.3 Å². The second kappa shape index (κ2) is 6.22. The summed E-state index contributed by atoms with van der Waals surface area (Å²) in [6.45, 7) is 3.34. The fourth-order valence-electron chi connectivity index (χ4n) is 3.47. The van der Waals surface area contributed by atoms with Crippen molar-refractivity contribution >= 4 is 28.5 Å². The molecule has 1 aromatic carbocycles. The Bertz CT molecular complexity index is 1050. The Morgan fingerprint density at radius 2 is 2.07 bits per heavy atom. The van der Waals surface area contributed by atoms with Gasteiger partial charge in [-0.3, -0.25) is 9.59 Å². The molecule has 4 rings (SSSR count). The Balaban J connectivity index is 1.83. The number of oxime groups is 1. The third-order valence-corrected chi connectivity index (χ3v) is 5.07. The molecule has 2 aromatic rings. The van der Waals surface area contributed by atoms with Gasteiger partial charge in [0.2, 0.25) is 17.6 Å². The number of H-pyrrole nitrogens is 1. The fraction of sp³-hybridized carbons (Fsp3) is 0.368. The lowest BCUT2D eigenvalue weighted by Crippen LogP contribution is -2.38. The molecule has 8 nitrogen and oxygen atoms in total. The number of aromatic nitrogens is 1. The number of aromatic carboxylic acids is 1. The summed E-state index contributed by atoms with van der Waals surface area (Å²) < 4.78 is 0. The van der Waals surface area contributed by atoms with Crippen LogP contribution in [0.2, 0.25) is 0 Å². The van der Waals surface area contributed by atoms with Crippen LogP contribution >= 0.6 is 0 Å². The SMILES string of the molecule is CC(=O)NC1ON=C(c2cc3[nH]cc(C(=O)O)c(=O)c3cc2C2CC2)C1C. The summed E-state index contributed by atoms with van der Waals surface area (Å²) in [4.78, 5) is 43.4. The first-order chi connectivity index (χ1) is 12.9. The van der Waals surface area contributed by atoms with Gasteiger partial charge in [-0.1, -0.05) is 12.1 Å². The highest BCUT2D eigenvalue weighted by Crippen LogP contribution is 2.43. The standard InChI is InChI=1S/C19H19N3O5/c1-8-16(22-27-18(8)21-9(2)23)12-6-15-13(5-11(12)10-3-4-10)17(24)14(7-20-15)19(25)26/h5-8,10,18H,3-4H2,1-2H3,(H,20,24)(H,21,23)(H,25,26). The van der Waals surface area contributed by atoms with Crippen LogP contribution < -0.4 is 10.7 Å². The monoisotopic (exact) mass is 369 g/mol. The largest absolute Gasteiger partial charge is 0.477 e. The van der Waals surface area contributed by atoms with Crippen molar-refractivity contribution in [1.29, 1.82) is 0 Å². The first-order valence-corrected chi connectivity index (χ1v) is 8.80. The molecule has 3 N–H and O–H groups in total. The van der Waals surface area contributed by atoms with E-state index in [1.54, 1.807) is 6.07 Å². The summed E-state index contributed by atoms with van der Waals surface area (Å²) in [6.07, 6.45) is 2.69. The second-order valence-corrected chi connectivity index (χ2v) is 7.09. The Morgan fingerprint density at radius 1 is 1.33 bits per heavy atom. The number of benzene rings is 1. The molecule has 1 fully saturated rings. The third kappa shape index (κ3) is 2.97. The minimum absolute atomic E-state index is 0.158. The Labute approximate surface area is 154 Å². The Kier molecular flexibility index (Phi) is 3.98. The number of hydrogen-bond donors (Lipinski definition) is 3. The average molecular weight is 369 g/mol. The predicted octanol–water partition coefficient (Wildman–Crippen LogP) is 1.94. The van der Waals surface area contributed by atoms with E-state index in [-0.39, 0.29) is 17.4 Å². The lowest BCUT2D eigenvalue weighted by molar-refractivity contribution is -0.123. The third-order valence-electron chi connectivity index (χ3n) is 5.07. The van der Waals surface area contributed by atoms with Crippen molar-refractivity contribution in [2.24, 2.45) is 11.1 Å². The minimum Gasteiger partial charge on any atom is -0.477 e. The number of carboxylic acid groups (broad SMARTS) is 1. The van der Waals surface area contributed by atoms with Gasteiger partial charge in [-0.05, 0) is 36.5 Å². The average Bonchev–Trinajstić information content (AvgIpc) is 3.39. The maximum atomic E-state index is 12.5. The van der Waals surface area contributed by atoms with Gasteiger partial charge in [-0.25, -0.2) is 4.79 Å². The van der Waals surface area contributed by atoms with Gasteiger partial charge >= 0.3 is 5.97 Å². The number of nitrogens with zero attached hydrogens (tertiary/aromatic N) is 1. The molecule has 2 unspecified atom stereocenters. The quantitative estimate of drug-likeness (QED) is 0.760. The molecule has 2 atom stereocenters. The van der Waals surface area contributed by atoms with Gasteiger partial charge in [-0.2, -0.15) is 0 Å². The number of fused-ring (bicyclic) bond motifs is 1. The van der Waals surface area contributed by atoms with Crippen molar-refractivity contribution in [3.63, 3.8) is 0 Å². The maximum absolute atomic E-state index is 12.5. The Morgan fingerprint density at radius 3 is 2.70 bits per heavy atom. The van der Waals surface area contributed by atoms with E-state index in [0.717, 1.165) is 24.0 Å². The molecule has 0 saturated heterocycles. The van der Waals surface area contributed by atoms with Crippen molar-refractivity contribution in [2.45, 2.75) is 38.8 Å². The van der Waals surface area contributed by atoms with Crippen LogP contribution in [0.4, 0.5) is 0 Å². The summed E-state index contributed by atoms with van der Waals surface area (Å²) in [5.41, 5.74) is 2.30. The molecule has 0 radical (unpaired) electrons. The zero-order valence-corrected chi connectivity index (χ0v) is 14.9. The summed E-state index contributed by atoms with van der Waals surface area (Å²) >= 11 is 0. The molecule has 1 amide bonds. The molecule has 0 bridgehead atoms. The van der Waals surface area contributed by atoms with Gasteiger partial charge in [0.05, 0.1) is 11.6 Å². The van der Waals surface area contributed by atoms with Crippen LogP contribution in [0.3, 0.4) is 0 Å². The summed E-state index contributed by atoms with van der Waals surface area (Å²) in [7, 11) is 0. The molecule has 2 heterocycles.